The molecule has 0 spiro atoms. The molecule has 0 aliphatic heterocycles. The van der Waals surface area contributed by atoms with Crippen molar-refractivity contribution >= 4 is 78.8 Å². The molecule has 0 unspecified atom stereocenters. The standard InChI is InChI=1S/C24H34O2S6Si2/c1-7-17-27-33(28-18-8-2,29-19-9-3)25-23-13-15-24(16-14-23)26-34(30-20-10-4,31-21-11-5)32-22-12-6/h7-16H,1-6,17-22H2. The van der Waals surface area contributed by atoms with E-state index in [1.165, 1.54) is 0 Å². The molecule has 0 fully saturated rings. The zero-order valence-corrected chi connectivity index (χ0v) is 26.4. The normalized spacial score (nSPS) is 11.3. The summed E-state index contributed by atoms with van der Waals surface area (Å²) >= 11 is 11.1. The van der Waals surface area contributed by atoms with Crippen molar-refractivity contribution in [3.8, 4) is 11.5 Å². The van der Waals surface area contributed by atoms with E-state index in [-0.39, 0.29) is 0 Å². The molecule has 0 saturated heterocycles. The summed E-state index contributed by atoms with van der Waals surface area (Å²) in [5, 5.41) is 0. The van der Waals surface area contributed by atoms with Gasteiger partial charge < -0.3 is 8.85 Å². The lowest BCUT2D eigenvalue weighted by molar-refractivity contribution is 0.583. The van der Waals surface area contributed by atoms with Crippen LogP contribution in [0.5, 0.6) is 11.5 Å². The van der Waals surface area contributed by atoms with Crippen LogP contribution in [0.15, 0.2) is 100 Å². The summed E-state index contributed by atoms with van der Waals surface area (Å²) in [7, 11) is 0. The zero-order valence-electron chi connectivity index (χ0n) is 19.5. The van der Waals surface area contributed by atoms with E-state index in [9.17, 15) is 0 Å². The van der Waals surface area contributed by atoms with Gasteiger partial charge in [-0.2, -0.15) is 0 Å². The molecule has 2 nitrogen and oxygen atoms in total. The van der Waals surface area contributed by atoms with Gasteiger partial charge in [-0.15, -0.1) is 107 Å². The van der Waals surface area contributed by atoms with Gasteiger partial charge >= 0.3 is 11.5 Å². The summed E-state index contributed by atoms with van der Waals surface area (Å²) in [5.41, 5.74) is 0. The van der Waals surface area contributed by atoms with Crippen molar-refractivity contribution in [3.05, 3.63) is 100 Å². The Balaban J connectivity index is 3.12. The second kappa shape index (κ2) is 19.0. The molecule has 0 aliphatic rings. The van der Waals surface area contributed by atoms with Crippen LogP contribution < -0.4 is 8.85 Å². The van der Waals surface area contributed by atoms with Crippen LogP contribution in [0, 0.1) is 0 Å². The Bertz CT molecular complexity index is 661. The second-order valence-corrected chi connectivity index (χ2v) is 32.6. The third-order valence-electron chi connectivity index (χ3n) is 3.58. The molecule has 0 heterocycles. The molecule has 0 N–H and O–H groups in total. The van der Waals surface area contributed by atoms with E-state index in [1.54, 1.807) is 0 Å². The van der Waals surface area contributed by atoms with Crippen LogP contribution in [0.1, 0.15) is 0 Å². The Morgan fingerprint density at radius 1 is 0.471 bits per heavy atom. The fourth-order valence-electron chi connectivity index (χ4n) is 2.26. The first-order valence-corrected chi connectivity index (χ1v) is 24.6. The number of rotatable bonds is 22. The third-order valence-corrected chi connectivity index (χ3v) is 32.7. The van der Waals surface area contributed by atoms with Gasteiger partial charge in [0.2, 0.25) is 0 Å². The number of hydrogen-bond donors (Lipinski definition) is 0. The summed E-state index contributed by atoms with van der Waals surface area (Å²) in [6.07, 6.45) is 11.6. The van der Waals surface area contributed by atoms with Gasteiger partial charge in [0.15, 0.2) is 0 Å². The largest absolute Gasteiger partial charge is 0.518 e. The van der Waals surface area contributed by atoms with Crippen molar-refractivity contribution in [1.82, 2.24) is 0 Å². The minimum Gasteiger partial charge on any atom is -0.518 e. The summed E-state index contributed by atoms with van der Waals surface area (Å²) in [4.78, 5) is 0. The van der Waals surface area contributed by atoms with Crippen molar-refractivity contribution in [3.63, 3.8) is 0 Å². The van der Waals surface area contributed by atoms with Gasteiger partial charge in [0.25, 0.3) is 0 Å². The Morgan fingerprint density at radius 2 is 0.676 bits per heavy atom. The maximum Gasteiger partial charge on any atom is 0.444 e. The predicted octanol–water partition coefficient (Wildman–Crippen LogP) is 8.83. The van der Waals surface area contributed by atoms with Crippen LogP contribution in [0.3, 0.4) is 0 Å². The molecule has 0 radical (unpaired) electrons. The smallest absolute Gasteiger partial charge is 0.444 e. The molecular weight excluding hydrogens is 569 g/mol. The first-order valence-electron chi connectivity index (χ1n) is 10.5. The molecule has 1 aromatic carbocycles. The molecule has 0 aliphatic carbocycles. The summed E-state index contributed by atoms with van der Waals surface area (Å²) in [6.45, 7) is 23.3. The average molecular weight is 603 g/mol. The molecule has 0 bridgehead atoms. The van der Waals surface area contributed by atoms with E-state index in [0.29, 0.717) is 0 Å². The number of benzene rings is 1. The minimum atomic E-state index is -2.26. The maximum absolute atomic E-state index is 6.67. The molecule has 1 rings (SSSR count). The van der Waals surface area contributed by atoms with Crippen LogP contribution in [0.2, 0.25) is 0 Å². The quantitative estimate of drug-likeness (QED) is 0.0956. The Kier molecular flexibility index (Phi) is 17.8. The predicted molar refractivity (Wildman–Crippen MR) is 175 cm³/mol. The molecule has 0 atom stereocenters. The van der Waals surface area contributed by atoms with E-state index in [1.807, 2.05) is 128 Å². The van der Waals surface area contributed by atoms with Crippen LogP contribution in [-0.4, -0.2) is 46.0 Å². The SMILES string of the molecule is C=CCS[Si](Oc1ccc(O[Si](SCC=C)(SCC=C)SCC=C)cc1)(SCC=C)SCC=C. The zero-order chi connectivity index (χ0) is 25.1. The van der Waals surface area contributed by atoms with Gasteiger partial charge in [-0.05, 0) is 24.3 Å². The molecule has 34 heavy (non-hydrogen) atoms. The maximum atomic E-state index is 6.67. The lowest BCUT2D eigenvalue weighted by atomic mass is 10.3. The fraction of sp³-hybridized carbons (Fsp3) is 0.250. The Morgan fingerprint density at radius 3 is 0.853 bits per heavy atom. The molecule has 0 saturated carbocycles. The van der Waals surface area contributed by atoms with E-state index in [0.717, 1.165) is 46.0 Å². The lowest BCUT2D eigenvalue weighted by Gasteiger charge is -2.30. The molecule has 186 valence electrons. The van der Waals surface area contributed by atoms with Crippen molar-refractivity contribution in [1.29, 1.82) is 0 Å². The monoisotopic (exact) mass is 602 g/mol. The van der Waals surface area contributed by atoms with Gasteiger partial charge in [-0.25, -0.2) is 0 Å². The van der Waals surface area contributed by atoms with Crippen LogP contribution in [0.4, 0.5) is 0 Å². The summed E-state index contributed by atoms with van der Waals surface area (Å²) in [6, 6.07) is 8.06. The highest BCUT2D eigenvalue weighted by Gasteiger charge is 2.41. The highest BCUT2D eigenvalue weighted by Crippen LogP contribution is 2.45. The summed E-state index contributed by atoms with van der Waals surface area (Å²) in [5.74, 6) is 2.26. The Labute approximate surface area is 232 Å². The van der Waals surface area contributed by atoms with Gasteiger partial charge in [0.05, 0.1) is 0 Å². The molecule has 1 aromatic rings. The van der Waals surface area contributed by atoms with Crippen molar-refractivity contribution < 1.29 is 8.85 Å². The van der Waals surface area contributed by atoms with Crippen LogP contribution in [0.25, 0.3) is 0 Å². The first-order chi connectivity index (χ1) is 16.5. The fourth-order valence-corrected chi connectivity index (χ4v) is 27.8. The average Bonchev–Trinajstić information content (AvgIpc) is 2.86. The van der Waals surface area contributed by atoms with Gasteiger partial charge in [-0.1, -0.05) is 36.5 Å². The van der Waals surface area contributed by atoms with Crippen LogP contribution in [-0.2, 0) is 0 Å². The minimum absolute atomic E-state index is 0.845. The van der Waals surface area contributed by atoms with Crippen molar-refractivity contribution in [2.45, 2.75) is 0 Å². The highest BCUT2D eigenvalue weighted by atomic mass is 32.8. The molecule has 0 amide bonds. The lowest BCUT2D eigenvalue weighted by Crippen LogP contribution is -2.33. The first kappa shape index (κ1) is 31.8. The van der Waals surface area contributed by atoms with E-state index >= 15 is 0 Å². The van der Waals surface area contributed by atoms with E-state index < -0.39 is 11.5 Å². The van der Waals surface area contributed by atoms with Gasteiger partial charge in [0.1, 0.15) is 11.5 Å². The molecule has 10 heteroatoms. The van der Waals surface area contributed by atoms with Gasteiger partial charge in [0, 0.05) is 34.5 Å². The topological polar surface area (TPSA) is 18.5 Å². The van der Waals surface area contributed by atoms with Crippen molar-refractivity contribution in [2.24, 2.45) is 0 Å². The van der Waals surface area contributed by atoms with E-state index in [2.05, 4.69) is 39.5 Å². The molecule has 0 aromatic heterocycles. The summed E-state index contributed by atoms with van der Waals surface area (Å²) < 4.78 is 13.3. The van der Waals surface area contributed by atoms with Crippen molar-refractivity contribution in [2.75, 3.05) is 34.5 Å². The van der Waals surface area contributed by atoms with Gasteiger partial charge in [-0.3, -0.25) is 0 Å². The van der Waals surface area contributed by atoms with E-state index in [4.69, 9.17) is 8.85 Å². The van der Waals surface area contributed by atoms with Crippen LogP contribution >= 0.6 is 67.3 Å². The number of hydrogen-bond acceptors (Lipinski definition) is 8. The highest BCUT2D eigenvalue weighted by molar-refractivity contribution is 8.80. The Hall–Kier alpha value is -0.206. The second-order valence-electron chi connectivity index (χ2n) is 6.27. The third kappa shape index (κ3) is 12.2. The molecular formula is C24H34O2S6Si2.